The van der Waals surface area contributed by atoms with E-state index in [4.69, 9.17) is 0 Å². The first-order valence-corrected chi connectivity index (χ1v) is 8.52. The third-order valence-corrected chi connectivity index (χ3v) is 4.50. The molecule has 1 saturated heterocycles. The summed E-state index contributed by atoms with van der Waals surface area (Å²) in [6, 6.07) is 7.94. The summed E-state index contributed by atoms with van der Waals surface area (Å²) in [5.74, 6) is 0.0767. The molecule has 0 radical (unpaired) electrons. The first kappa shape index (κ1) is 16.9. The van der Waals surface area contributed by atoms with Gasteiger partial charge in [0.05, 0.1) is 17.2 Å². The van der Waals surface area contributed by atoms with Crippen LogP contribution in [0.2, 0.25) is 0 Å². The Balaban J connectivity index is 1.83. The Kier molecular flexibility index (Phi) is 4.83. The van der Waals surface area contributed by atoms with E-state index in [2.05, 4.69) is 9.88 Å². The lowest BCUT2D eigenvalue weighted by Gasteiger charge is -2.35. The van der Waals surface area contributed by atoms with Gasteiger partial charge < -0.3 is 10.0 Å². The molecule has 24 heavy (non-hydrogen) atoms. The molecule has 1 aliphatic rings. The van der Waals surface area contributed by atoms with Crippen molar-refractivity contribution in [3.05, 3.63) is 41.1 Å². The monoisotopic (exact) mass is 327 g/mol. The second kappa shape index (κ2) is 6.87. The number of aliphatic hydroxyl groups excluding tert-OH is 1. The second-order valence-corrected chi connectivity index (χ2v) is 6.77. The Morgan fingerprint density at radius 3 is 2.58 bits per heavy atom. The molecule has 0 aliphatic carbocycles. The molecular weight excluding hydrogens is 302 g/mol. The van der Waals surface area contributed by atoms with E-state index < -0.39 is 0 Å². The van der Waals surface area contributed by atoms with Gasteiger partial charge in [0.25, 0.3) is 5.91 Å². The number of amides is 1. The average Bonchev–Trinajstić information content (AvgIpc) is 2.54. The van der Waals surface area contributed by atoms with Crippen molar-refractivity contribution in [3.8, 4) is 0 Å². The van der Waals surface area contributed by atoms with Crippen LogP contribution in [0.1, 0.15) is 28.5 Å². The number of aryl methyl sites for hydroxylation is 2. The number of carbonyl (C=O) groups excluding carboxylic acids is 1. The maximum atomic E-state index is 13.0. The number of rotatable bonds is 3. The highest BCUT2D eigenvalue weighted by atomic mass is 16.3. The summed E-state index contributed by atoms with van der Waals surface area (Å²) in [7, 11) is 0. The Labute approximate surface area is 142 Å². The average molecular weight is 327 g/mol. The largest absolute Gasteiger partial charge is 0.392 e. The van der Waals surface area contributed by atoms with Crippen molar-refractivity contribution in [1.29, 1.82) is 0 Å². The molecule has 1 atom stereocenters. The number of hydrogen-bond acceptors (Lipinski definition) is 4. The van der Waals surface area contributed by atoms with Crippen LogP contribution in [-0.2, 0) is 0 Å². The van der Waals surface area contributed by atoms with Crippen LogP contribution >= 0.6 is 0 Å². The first-order chi connectivity index (χ1) is 11.4. The lowest BCUT2D eigenvalue weighted by molar-refractivity contribution is 0.0555. The zero-order valence-corrected chi connectivity index (χ0v) is 14.6. The molecule has 0 bridgehead atoms. The van der Waals surface area contributed by atoms with Crippen LogP contribution in [-0.4, -0.2) is 64.6 Å². The standard InChI is InChI=1S/C19H25N3O2/c1-13-4-5-18-16(10-13)17(11-14(2)20-18)19(24)22-8-6-21(7-9-22)12-15(3)23/h4-5,10-11,15,23H,6-9,12H2,1-3H3/t15-/m1/s1. The number of pyridine rings is 1. The van der Waals surface area contributed by atoms with Gasteiger partial charge in [-0.3, -0.25) is 14.7 Å². The van der Waals surface area contributed by atoms with Crippen LogP contribution in [0, 0.1) is 13.8 Å². The van der Waals surface area contributed by atoms with Gasteiger partial charge in [0, 0.05) is 43.8 Å². The Bertz CT molecular complexity index is 750. The Morgan fingerprint density at radius 1 is 1.21 bits per heavy atom. The number of aliphatic hydroxyl groups is 1. The van der Waals surface area contributed by atoms with Crippen molar-refractivity contribution < 1.29 is 9.90 Å². The molecule has 0 unspecified atom stereocenters. The number of hydrogen-bond donors (Lipinski definition) is 1. The predicted octanol–water partition coefficient (Wildman–Crippen LogP) is 1.99. The highest BCUT2D eigenvalue weighted by Gasteiger charge is 2.24. The normalized spacial score (nSPS) is 17.2. The lowest BCUT2D eigenvalue weighted by Crippen LogP contribution is -2.50. The van der Waals surface area contributed by atoms with Crippen molar-refractivity contribution in [1.82, 2.24) is 14.8 Å². The molecule has 1 aromatic carbocycles. The number of benzene rings is 1. The number of β-amino-alcohol motifs (C(OH)–C–C–N with tert-alkyl or cyclic N) is 1. The van der Waals surface area contributed by atoms with E-state index in [0.717, 1.165) is 40.8 Å². The quantitative estimate of drug-likeness (QED) is 0.937. The van der Waals surface area contributed by atoms with E-state index in [1.54, 1.807) is 6.92 Å². The van der Waals surface area contributed by atoms with Crippen LogP contribution in [0.5, 0.6) is 0 Å². The molecule has 5 nitrogen and oxygen atoms in total. The minimum atomic E-state index is -0.331. The lowest BCUT2D eigenvalue weighted by atomic mass is 10.0. The van der Waals surface area contributed by atoms with Crippen LogP contribution in [0.4, 0.5) is 0 Å². The van der Waals surface area contributed by atoms with E-state index in [1.807, 2.05) is 43.0 Å². The third kappa shape index (κ3) is 3.57. The molecule has 1 amide bonds. The third-order valence-electron chi connectivity index (χ3n) is 4.50. The molecule has 1 fully saturated rings. The minimum absolute atomic E-state index is 0.0767. The SMILES string of the molecule is Cc1ccc2nc(C)cc(C(=O)N3CCN(C[C@@H](C)O)CC3)c2c1. The zero-order chi connectivity index (χ0) is 17.3. The van der Waals surface area contributed by atoms with Gasteiger partial charge >= 0.3 is 0 Å². The van der Waals surface area contributed by atoms with Gasteiger partial charge in [-0.1, -0.05) is 11.6 Å². The molecular formula is C19H25N3O2. The molecule has 1 N–H and O–H groups in total. The molecule has 1 aliphatic heterocycles. The van der Waals surface area contributed by atoms with Crippen molar-refractivity contribution in [2.45, 2.75) is 26.9 Å². The molecule has 0 saturated carbocycles. The second-order valence-electron chi connectivity index (χ2n) is 6.77. The summed E-state index contributed by atoms with van der Waals surface area (Å²) in [4.78, 5) is 21.7. The topological polar surface area (TPSA) is 56.7 Å². The van der Waals surface area contributed by atoms with Gasteiger partial charge in [0.15, 0.2) is 0 Å². The van der Waals surface area contributed by atoms with Crippen LogP contribution < -0.4 is 0 Å². The molecule has 0 spiro atoms. The predicted molar refractivity (Wildman–Crippen MR) is 95.2 cm³/mol. The zero-order valence-electron chi connectivity index (χ0n) is 14.6. The first-order valence-electron chi connectivity index (χ1n) is 8.52. The van der Waals surface area contributed by atoms with Gasteiger partial charge in [-0.05, 0) is 39.0 Å². The fraction of sp³-hybridized carbons (Fsp3) is 0.474. The van der Waals surface area contributed by atoms with E-state index in [1.165, 1.54) is 0 Å². The van der Waals surface area contributed by atoms with E-state index in [9.17, 15) is 9.90 Å². The highest BCUT2D eigenvalue weighted by molar-refractivity contribution is 6.06. The van der Waals surface area contributed by atoms with Crippen molar-refractivity contribution in [3.63, 3.8) is 0 Å². The molecule has 5 heteroatoms. The summed E-state index contributed by atoms with van der Waals surface area (Å²) in [5.41, 5.74) is 3.60. The fourth-order valence-corrected chi connectivity index (χ4v) is 3.33. The van der Waals surface area contributed by atoms with Crippen LogP contribution in [0.15, 0.2) is 24.3 Å². The summed E-state index contributed by atoms with van der Waals surface area (Å²) in [6.45, 7) is 9.42. The van der Waals surface area contributed by atoms with Crippen molar-refractivity contribution >= 4 is 16.8 Å². The van der Waals surface area contributed by atoms with Gasteiger partial charge in [0.1, 0.15) is 0 Å². The van der Waals surface area contributed by atoms with Gasteiger partial charge in [-0.15, -0.1) is 0 Å². The summed E-state index contributed by atoms with van der Waals surface area (Å²) >= 11 is 0. The number of aromatic nitrogens is 1. The van der Waals surface area contributed by atoms with Crippen molar-refractivity contribution in [2.24, 2.45) is 0 Å². The van der Waals surface area contributed by atoms with Gasteiger partial charge in [0.2, 0.25) is 0 Å². The van der Waals surface area contributed by atoms with Gasteiger partial charge in [-0.2, -0.15) is 0 Å². The fourth-order valence-electron chi connectivity index (χ4n) is 3.33. The van der Waals surface area contributed by atoms with Crippen molar-refractivity contribution in [2.75, 3.05) is 32.7 Å². The van der Waals surface area contributed by atoms with E-state index in [0.29, 0.717) is 19.6 Å². The maximum absolute atomic E-state index is 13.0. The highest BCUT2D eigenvalue weighted by Crippen LogP contribution is 2.22. The summed E-state index contributed by atoms with van der Waals surface area (Å²) in [5, 5.41) is 10.4. The molecule has 128 valence electrons. The number of nitrogens with zero attached hydrogens (tertiary/aromatic N) is 3. The molecule has 3 rings (SSSR count). The minimum Gasteiger partial charge on any atom is -0.392 e. The van der Waals surface area contributed by atoms with Crippen LogP contribution in [0.3, 0.4) is 0 Å². The maximum Gasteiger partial charge on any atom is 0.254 e. The molecule has 2 heterocycles. The molecule has 1 aromatic heterocycles. The molecule has 2 aromatic rings. The summed E-state index contributed by atoms with van der Waals surface area (Å²) < 4.78 is 0. The summed E-state index contributed by atoms with van der Waals surface area (Å²) in [6.07, 6.45) is -0.331. The van der Waals surface area contributed by atoms with Gasteiger partial charge in [-0.25, -0.2) is 0 Å². The Hall–Kier alpha value is -1.98. The number of fused-ring (bicyclic) bond motifs is 1. The van der Waals surface area contributed by atoms with E-state index in [-0.39, 0.29) is 12.0 Å². The van der Waals surface area contributed by atoms with Crippen LogP contribution in [0.25, 0.3) is 10.9 Å². The number of carbonyl (C=O) groups is 1. The Morgan fingerprint density at radius 2 is 1.92 bits per heavy atom. The smallest absolute Gasteiger partial charge is 0.254 e. The van der Waals surface area contributed by atoms with E-state index >= 15 is 0 Å². The number of piperazine rings is 1.